The van der Waals surface area contributed by atoms with E-state index in [-0.39, 0.29) is 0 Å². The average Bonchev–Trinajstić information content (AvgIpc) is 3.47. The third kappa shape index (κ3) is 2.08. The number of hydrogen-bond donors (Lipinski definition) is 0. The van der Waals surface area contributed by atoms with Gasteiger partial charge in [0.1, 0.15) is 12.1 Å². The van der Waals surface area contributed by atoms with Gasteiger partial charge in [-0.15, -0.1) is 0 Å². The van der Waals surface area contributed by atoms with E-state index in [4.69, 9.17) is 9.97 Å². The van der Waals surface area contributed by atoms with Gasteiger partial charge in [0.05, 0.1) is 33.2 Å². The van der Waals surface area contributed by atoms with E-state index in [0.717, 1.165) is 86.7 Å². The van der Waals surface area contributed by atoms with Crippen molar-refractivity contribution in [3.63, 3.8) is 0 Å². The molecule has 0 saturated carbocycles. The second kappa shape index (κ2) is 6.59. The smallest absolute Gasteiger partial charge is 0.100 e. The molecule has 0 saturated heterocycles. The molecular formula is C34H14N4. The predicted molar refractivity (Wildman–Crippen MR) is 154 cm³/mol. The molecule has 0 atom stereocenters. The molecular weight excluding hydrogens is 464 g/mol. The van der Waals surface area contributed by atoms with Gasteiger partial charge in [0, 0.05) is 53.9 Å². The lowest BCUT2D eigenvalue weighted by Crippen LogP contribution is -1.86. The molecule has 170 valence electrons. The maximum Gasteiger partial charge on any atom is 0.100 e. The lowest BCUT2D eigenvalue weighted by molar-refractivity contribution is 1.46. The topological polar surface area (TPSA) is 73.4 Å². The van der Waals surface area contributed by atoms with E-state index in [1.807, 2.05) is 60.7 Å². The van der Waals surface area contributed by atoms with Crippen molar-refractivity contribution in [3.8, 4) is 12.1 Å². The van der Waals surface area contributed by atoms with Gasteiger partial charge in [-0.1, -0.05) is 84.9 Å². The van der Waals surface area contributed by atoms with Gasteiger partial charge < -0.3 is 0 Å². The highest BCUT2D eigenvalue weighted by Crippen LogP contribution is 2.47. The van der Waals surface area contributed by atoms with Gasteiger partial charge in [0.25, 0.3) is 0 Å². The van der Waals surface area contributed by atoms with E-state index in [9.17, 15) is 10.5 Å². The Balaban J connectivity index is 1.64. The standard InChI is InChI=1S/C34H14N4/c35-15-25-17-7-1-3-9-19(17)29-27-21(25)11-5-13-23(27)31-33(29)38-34-30-20-10-4-2-8-18(20)26(16-36)22-12-6-14-24(28(22)30)32(34)37-31/h1-14H. The third-order valence-corrected chi connectivity index (χ3v) is 8.20. The van der Waals surface area contributed by atoms with Gasteiger partial charge in [-0.2, -0.15) is 10.5 Å². The molecule has 9 rings (SSSR count). The Morgan fingerprint density at radius 3 is 1.18 bits per heavy atom. The fourth-order valence-corrected chi connectivity index (χ4v) is 6.74. The fourth-order valence-electron chi connectivity index (χ4n) is 6.74. The summed E-state index contributed by atoms with van der Waals surface area (Å²) in [5.74, 6) is 0. The summed E-state index contributed by atoms with van der Waals surface area (Å²) in [5.41, 5.74) is 4.77. The number of aromatic nitrogens is 2. The lowest BCUT2D eigenvalue weighted by atomic mass is 9.94. The lowest BCUT2D eigenvalue weighted by Gasteiger charge is -2.08. The van der Waals surface area contributed by atoms with Gasteiger partial charge in [-0.3, -0.25) is 0 Å². The van der Waals surface area contributed by atoms with E-state index in [1.54, 1.807) is 0 Å². The molecule has 0 N–H and O–H groups in total. The summed E-state index contributed by atoms with van der Waals surface area (Å²) < 4.78 is 0. The maximum atomic E-state index is 10.1. The van der Waals surface area contributed by atoms with Gasteiger partial charge in [0.15, 0.2) is 0 Å². The molecule has 9 aromatic rings. The minimum Gasteiger partial charge on any atom is -0.243 e. The highest BCUT2D eigenvalue weighted by molar-refractivity contribution is 6.40. The summed E-state index contributed by atoms with van der Waals surface area (Å²) in [6.07, 6.45) is 0. The summed E-state index contributed by atoms with van der Waals surface area (Å²) in [6, 6.07) is 33.3. The molecule has 1 aromatic heterocycles. The molecule has 38 heavy (non-hydrogen) atoms. The molecule has 4 nitrogen and oxygen atoms in total. The molecule has 1 heterocycles. The Bertz CT molecular complexity index is 2400. The average molecular weight is 479 g/mol. The molecule has 0 spiro atoms. The van der Waals surface area contributed by atoms with Crippen molar-refractivity contribution in [2.24, 2.45) is 0 Å². The summed E-state index contributed by atoms with van der Waals surface area (Å²) in [6.45, 7) is 0. The van der Waals surface area contributed by atoms with Crippen LogP contribution < -0.4 is 0 Å². The molecule has 8 aromatic carbocycles. The molecule has 0 bridgehead atoms. The largest absolute Gasteiger partial charge is 0.243 e. The molecule has 0 aliphatic carbocycles. The highest BCUT2D eigenvalue weighted by Gasteiger charge is 2.24. The van der Waals surface area contributed by atoms with Crippen LogP contribution in [-0.4, -0.2) is 9.97 Å². The van der Waals surface area contributed by atoms with Crippen LogP contribution in [0.3, 0.4) is 0 Å². The zero-order chi connectivity index (χ0) is 25.1. The van der Waals surface area contributed by atoms with Crippen LogP contribution >= 0.6 is 0 Å². The minimum atomic E-state index is 0.687. The second-order valence-corrected chi connectivity index (χ2v) is 9.89. The van der Waals surface area contributed by atoms with Crippen LogP contribution in [-0.2, 0) is 0 Å². The van der Waals surface area contributed by atoms with Gasteiger partial charge in [-0.05, 0) is 10.8 Å². The number of nitrogens with zero attached hydrogens (tertiary/aromatic N) is 4. The third-order valence-electron chi connectivity index (χ3n) is 8.20. The summed E-state index contributed by atoms with van der Waals surface area (Å²) >= 11 is 0. The number of nitriles is 2. The Hall–Kier alpha value is -5.58. The van der Waals surface area contributed by atoms with Crippen LogP contribution in [0, 0.1) is 22.7 Å². The van der Waals surface area contributed by atoms with E-state index < -0.39 is 0 Å². The van der Waals surface area contributed by atoms with Crippen LogP contribution in [0.4, 0.5) is 0 Å². The molecule has 0 aliphatic rings. The second-order valence-electron chi connectivity index (χ2n) is 9.89. The van der Waals surface area contributed by atoms with Crippen molar-refractivity contribution in [2.75, 3.05) is 0 Å². The number of benzene rings is 6. The molecule has 4 heteroatoms. The molecule has 0 unspecified atom stereocenters. The van der Waals surface area contributed by atoms with Crippen LogP contribution in [0.2, 0.25) is 0 Å². The van der Waals surface area contributed by atoms with Gasteiger partial charge in [0.2, 0.25) is 0 Å². The first kappa shape index (κ1) is 19.6. The van der Waals surface area contributed by atoms with Crippen molar-refractivity contribution in [2.45, 2.75) is 0 Å². The monoisotopic (exact) mass is 478 g/mol. The van der Waals surface area contributed by atoms with Gasteiger partial charge >= 0.3 is 0 Å². The van der Waals surface area contributed by atoms with E-state index >= 15 is 0 Å². The summed E-state index contributed by atoms with van der Waals surface area (Å²) in [7, 11) is 0. The Morgan fingerprint density at radius 2 is 0.737 bits per heavy atom. The number of rotatable bonds is 0. The maximum absolute atomic E-state index is 10.1. The first-order valence-electron chi connectivity index (χ1n) is 12.5. The minimum absolute atomic E-state index is 0.687. The number of hydrogen-bond acceptors (Lipinski definition) is 4. The van der Waals surface area contributed by atoms with Crippen molar-refractivity contribution in [3.05, 3.63) is 96.1 Å². The quantitative estimate of drug-likeness (QED) is 0.205. The van der Waals surface area contributed by atoms with Gasteiger partial charge in [-0.25, -0.2) is 9.97 Å². The van der Waals surface area contributed by atoms with E-state index in [0.29, 0.717) is 11.1 Å². The Morgan fingerprint density at radius 1 is 0.368 bits per heavy atom. The van der Waals surface area contributed by atoms with E-state index in [1.165, 1.54) is 0 Å². The Labute approximate surface area is 215 Å². The zero-order valence-corrected chi connectivity index (χ0v) is 19.9. The first-order chi connectivity index (χ1) is 18.8. The van der Waals surface area contributed by atoms with Crippen molar-refractivity contribution in [1.29, 1.82) is 10.5 Å². The van der Waals surface area contributed by atoms with Crippen molar-refractivity contribution < 1.29 is 0 Å². The van der Waals surface area contributed by atoms with E-state index in [2.05, 4.69) is 36.4 Å². The molecule has 0 aliphatic heterocycles. The Kier molecular flexibility index (Phi) is 3.40. The van der Waals surface area contributed by atoms with Crippen LogP contribution in [0.25, 0.3) is 86.7 Å². The molecule has 0 amide bonds. The first-order valence-corrected chi connectivity index (χ1v) is 12.5. The predicted octanol–water partition coefficient (Wildman–Crippen LogP) is 8.32. The van der Waals surface area contributed by atoms with Crippen LogP contribution in [0.1, 0.15) is 11.1 Å². The summed E-state index contributed by atoms with van der Waals surface area (Å²) in [5, 5.41) is 32.2. The van der Waals surface area contributed by atoms with Crippen LogP contribution in [0.5, 0.6) is 0 Å². The highest BCUT2D eigenvalue weighted by atomic mass is 14.8. The summed E-state index contributed by atoms with van der Waals surface area (Å²) in [4.78, 5) is 10.7. The van der Waals surface area contributed by atoms with Crippen molar-refractivity contribution >= 4 is 86.7 Å². The zero-order valence-electron chi connectivity index (χ0n) is 19.9. The fraction of sp³-hybridized carbons (Fsp3) is 0. The van der Waals surface area contributed by atoms with Crippen molar-refractivity contribution in [1.82, 2.24) is 9.97 Å². The molecule has 0 radical (unpaired) electrons. The number of fused-ring (bicyclic) bond motifs is 10. The molecule has 0 fully saturated rings. The SMILES string of the molecule is N#Cc1c2ccccc2c2c3nc4c(nc3c3cccc1c32)c1cccc2c(C#N)c3ccccc3c4c21. The normalized spacial score (nSPS) is 12.2. The van der Waals surface area contributed by atoms with Crippen LogP contribution in [0.15, 0.2) is 84.9 Å².